The summed E-state index contributed by atoms with van der Waals surface area (Å²) < 4.78 is 0. The molecule has 0 amide bonds. The van der Waals surface area contributed by atoms with Gasteiger partial charge in [0.1, 0.15) is 0 Å². The predicted molar refractivity (Wildman–Crippen MR) is 24.0 cm³/mol. The van der Waals surface area contributed by atoms with E-state index in [0.717, 1.165) is 0 Å². The summed E-state index contributed by atoms with van der Waals surface area (Å²) in [7, 11) is 0. The monoisotopic (exact) mass is 189 g/mol. The number of hydrogen-bond donors (Lipinski definition) is 0. The van der Waals surface area contributed by atoms with Crippen molar-refractivity contribution >= 4 is 0 Å². The Labute approximate surface area is 71.3 Å². The Balaban J connectivity index is -0.000000125. The molecule has 47 valence electrons. The molecule has 0 aliphatic heterocycles. The summed E-state index contributed by atoms with van der Waals surface area (Å²) >= 11 is 2.75. The van der Waals surface area contributed by atoms with Crippen LogP contribution < -0.4 is 24.8 Å². The Hall–Kier alpha value is 0.592. The van der Waals surface area contributed by atoms with Gasteiger partial charge in [0.15, 0.2) is 0 Å². The van der Waals surface area contributed by atoms with Crippen LogP contribution in [-0.4, -0.2) is 0 Å². The van der Waals surface area contributed by atoms with Crippen LogP contribution in [0.3, 0.4) is 0 Å². The minimum atomic E-state index is 0. The first kappa shape index (κ1) is 15.8. The first-order valence-corrected chi connectivity index (χ1v) is 2.55. The summed E-state index contributed by atoms with van der Waals surface area (Å²) in [6, 6.07) is 0. The maximum absolute atomic E-state index is 2.75. The second-order valence-corrected chi connectivity index (χ2v) is 1.28. The van der Waals surface area contributed by atoms with E-state index in [1.165, 1.54) is 0 Å². The van der Waals surface area contributed by atoms with Crippen LogP contribution in [0.4, 0.5) is 0 Å². The molecule has 0 aliphatic carbocycles. The van der Waals surface area contributed by atoms with Gasteiger partial charge < -0.3 is 24.8 Å². The molecule has 0 unspecified atom stereocenters. The van der Waals surface area contributed by atoms with E-state index in [-0.39, 0.29) is 24.8 Å². The third-order valence-electron chi connectivity index (χ3n) is 0.382. The third-order valence-corrected chi connectivity index (χ3v) is 0.628. The average Bonchev–Trinajstić information content (AvgIpc) is 1.61. The minimum Gasteiger partial charge on any atom is -1.00 e. The number of rotatable bonds is 1. The molecule has 0 heterocycles. The summed E-state index contributed by atoms with van der Waals surface area (Å²) in [5.74, 6) is 0. The topological polar surface area (TPSA) is 0 Å². The van der Waals surface area contributed by atoms with Gasteiger partial charge in [0, 0.05) is 0 Å². The van der Waals surface area contributed by atoms with Crippen molar-refractivity contribution in [2.45, 2.75) is 6.92 Å². The zero-order valence-corrected chi connectivity index (χ0v) is 7.26. The van der Waals surface area contributed by atoms with Crippen molar-refractivity contribution in [3.05, 3.63) is 23.2 Å². The molecule has 0 bridgehead atoms. The van der Waals surface area contributed by atoms with Crippen LogP contribution >= 0.6 is 0 Å². The van der Waals surface area contributed by atoms with Gasteiger partial charge in [-0.05, 0) is 0 Å². The first-order valence-electron chi connectivity index (χ1n) is 1.81. The molecule has 8 heavy (non-hydrogen) atoms. The average molecular weight is 190 g/mol. The molecular formula is C5H7Cl2Cr. The molecule has 0 fully saturated rings. The molecule has 0 nitrogen and oxygen atoms in total. The third kappa shape index (κ3) is 16.0. The molecular weight excluding hydrogens is 183 g/mol. The quantitative estimate of drug-likeness (QED) is 0.366. The molecule has 0 spiro atoms. The van der Waals surface area contributed by atoms with Gasteiger partial charge in [0.2, 0.25) is 0 Å². The molecule has 0 N–H and O–H groups in total. The minimum absolute atomic E-state index is 0. The van der Waals surface area contributed by atoms with Crippen LogP contribution in [0, 0.1) is 0 Å². The smallest absolute Gasteiger partial charge is 1.00 e. The fourth-order valence-electron chi connectivity index (χ4n) is 0.156. The van der Waals surface area contributed by atoms with Crippen LogP contribution in [0.15, 0.2) is 23.2 Å². The first-order chi connectivity index (χ1) is 2.91. The van der Waals surface area contributed by atoms with Crippen LogP contribution in [0.5, 0.6) is 0 Å². The zero-order chi connectivity index (χ0) is 4.83. The molecule has 0 aromatic heterocycles. The van der Waals surface area contributed by atoms with Gasteiger partial charge in [-0.3, -0.25) is 0 Å². The van der Waals surface area contributed by atoms with Gasteiger partial charge in [0.25, 0.3) is 0 Å². The van der Waals surface area contributed by atoms with E-state index in [1.54, 1.807) is 0 Å². The van der Waals surface area contributed by atoms with Gasteiger partial charge >= 0.3 is 46.4 Å². The van der Waals surface area contributed by atoms with Gasteiger partial charge in [-0.25, -0.2) is 0 Å². The summed E-state index contributed by atoms with van der Waals surface area (Å²) in [5.41, 5.74) is 0. The van der Waals surface area contributed by atoms with Crippen molar-refractivity contribution in [1.29, 1.82) is 0 Å². The van der Waals surface area contributed by atoms with Crippen LogP contribution in [-0.2, 0) is 16.3 Å². The van der Waals surface area contributed by atoms with E-state index in [0.29, 0.717) is 0 Å². The Morgan fingerprint density at radius 1 is 1.12 bits per heavy atom. The normalized spacial score (nSPS) is 8.50. The van der Waals surface area contributed by atoms with E-state index >= 15 is 0 Å². The van der Waals surface area contributed by atoms with Crippen molar-refractivity contribution in [2.24, 2.45) is 0 Å². The summed E-state index contributed by atoms with van der Waals surface area (Å²) in [6.45, 7) is 1.99. The molecule has 0 saturated heterocycles. The molecule has 0 rings (SSSR count). The van der Waals surface area contributed by atoms with Crippen molar-refractivity contribution in [3.63, 3.8) is 0 Å². The molecule has 0 aromatic carbocycles. The van der Waals surface area contributed by atoms with E-state index in [4.69, 9.17) is 0 Å². The number of halogens is 2. The van der Waals surface area contributed by atoms with E-state index in [1.807, 2.05) is 30.1 Å². The summed E-state index contributed by atoms with van der Waals surface area (Å²) in [6.07, 6.45) is 5.89. The molecule has 0 aromatic rings. The van der Waals surface area contributed by atoms with Crippen molar-refractivity contribution in [3.8, 4) is 0 Å². The zero-order valence-electron chi connectivity index (χ0n) is 4.47. The SMILES string of the molecule is CC=CC=[CH][Cr+2].[Cl-].[Cl-]. The van der Waals surface area contributed by atoms with Gasteiger partial charge in [-0.1, -0.05) is 0 Å². The Morgan fingerprint density at radius 2 is 1.62 bits per heavy atom. The van der Waals surface area contributed by atoms with Crippen molar-refractivity contribution in [2.75, 3.05) is 0 Å². The van der Waals surface area contributed by atoms with E-state index in [9.17, 15) is 0 Å². The Morgan fingerprint density at radius 3 is 1.75 bits per heavy atom. The molecule has 0 aliphatic rings. The maximum Gasteiger partial charge on any atom is -1.00 e. The summed E-state index contributed by atoms with van der Waals surface area (Å²) in [5, 5.41) is 0. The van der Waals surface area contributed by atoms with Crippen LogP contribution in [0.1, 0.15) is 6.92 Å². The van der Waals surface area contributed by atoms with Crippen molar-refractivity contribution in [1.82, 2.24) is 0 Å². The van der Waals surface area contributed by atoms with Gasteiger partial charge in [0.05, 0.1) is 0 Å². The second-order valence-electron chi connectivity index (χ2n) is 0.854. The fraction of sp³-hybridized carbons (Fsp3) is 0.200. The van der Waals surface area contributed by atoms with Crippen molar-refractivity contribution < 1.29 is 41.1 Å². The Bertz CT molecular complexity index is 58.8. The van der Waals surface area contributed by atoms with Crippen LogP contribution in [0.25, 0.3) is 0 Å². The molecule has 0 radical (unpaired) electrons. The number of hydrogen-bond acceptors (Lipinski definition) is 0. The summed E-state index contributed by atoms with van der Waals surface area (Å²) in [4.78, 5) is 1.88. The molecule has 0 saturated carbocycles. The fourth-order valence-corrected chi connectivity index (χ4v) is 0.298. The predicted octanol–water partition coefficient (Wildman–Crippen LogP) is -4.37. The maximum atomic E-state index is 2.75. The molecule has 0 atom stereocenters. The second kappa shape index (κ2) is 15.6. The largest absolute Gasteiger partial charge is 1.00 e. The standard InChI is InChI=1S/C5H7.2ClH.Cr/c1-3-5-4-2;;;/h1,3-5H,2H3;2*1H;/q;;;+2/p-2. The van der Waals surface area contributed by atoms with E-state index < -0.39 is 0 Å². The Kier molecular flexibility index (Phi) is 31.0. The van der Waals surface area contributed by atoms with E-state index in [2.05, 4.69) is 16.3 Å². The van der Waals surface area contributed by atoms with Gasteiger partial charge in [-0.2, -0.15) is 0 Å². The molecule has 3 heteroatoms. The van der Waals surface area contributed by atoms with Crippen LogP contribution in [0.2, 0.25) is 0 Å². The number of allylic oxidation sites excluding steroid dienone is 3. The van der Waals surface area contributed by atoms with Gasteiger partial charge in [-0.15, -0.1) is 0 Å².